The molecule has 9 heterocycles. The third-order valence-corrected chi connectivity index (χ3v) is 28.6. The number of nitrogens with one attached hydrogen (secondary N) is 4. The Hall–Kier alpha value is -15.5. The lowest BCUT2D eigenvalue weighted by atomic mass is 9.74. The first-order valence-corrected chi connectivity index (χ1v) is 50.0. The molecule has 6 fully saturated rings. The minimum atomic E-state index is -0.814. The molecule has 0 spiro atoms. The van der Waals surface area contributed by atoms with Crippen LogP contribution in [0.25, 0.3) is 0 Å². The average Bonchev–Trinajstić information content (AvgIpc) is 0.701. The highest BCUT2D eigenvalue weighted by Gasteiger charge is 2.55. The van der Waals surface area contributed by atoms with Gasteiger partial charge in [-0.2, -0.15) is 0 Å². The van der Waals surface area contributed by atoms with E-state index in [1.165, 1.54) is 23.3 Å². The minimum Gasteiger partial charge on any atom is -0.480 e. The van der Waals surface area contributed by atoms with E-state index in [2.05, 4.69) is 154 Å². The number of hydrogen-bond acceptors (Lipinski definition) is 13. The lowest BCUT2D eigenvalue weighted by Gasteiger charge is -2.57. The number of anilines is 4. The van der Waals surface area contributed by atoms with Crippen LogP contribution in [0.3, 0.4) is 0 Å². The summed E-state index contributed by atoms with van der Waals surface area (Å²) in [5, 5.41) is 52.7. The number of halogens is 1. The summed E-state index contributed by atoms with van der Waals surface area (Å²) in [5.74, 6) is 24.5. The van der Waals surface area contributed by atoms with E-state index in [0.717, 1.165) is 153 Å². The number of aliphatic hydroxyl groups is 3. The highest BCUT2D eigenvalue weighted by molar-refractivity contribution is 5.92. The number of aromatic nitrogens is 1. The van der Waals surface area contributed by atoms with Gasteiger partial charge in [0.25, 0.3) is 0 Å². The number of aliphatic hydroxyl groups excluding tert-OH is 3. The first-order chi connectivity index (χ1) is 70.8. The summed E-state index contributed by atoms with van der Waals surface area (Å²) in [6.45, 7) is 14.3. The van der Waals surface area contributed by atoms with E-state index in [4.69, 9.17) is 0 Å². The third kappa shape index (κ3) is 25.8. The molecule has 0 saturated carbocycles. The van der Waals surface area contributed by atoms with Crippen molar-refractivity contribution in [2.24, 2.45) is 0 Å². The van der Waals surface area contributed by atoms with Crippen LogP contribution >= 0.6 is 0 Å². The van der Waals surface area contributed by atoms with Gasteiger partial charge >= 0.3 is 30.1 Å². The molecule has 8 aliphatic rings. The van der Waals surface area contributed by atoms with Gasteiger partial charge in [0.15, 0.2) is 0 Å². The molecule has 0 aliphatic carbocycles. The van der Waals surface area contributed by atoms with Crippen LogP contribution in [0.4, 0.5) is 46.3 Å². The largest absolute Gasteiger partial charge is 0.480 e. The Bertz CT molecular complexity index is 6730. The fourth-order valence-corrected chi connectivity index (χ4v) is 20.8. The van der Waals surface area contributed by atoms with E-state index in [9.17, 15) is 48.8 Å². The summed E-state index contributed by atoms with van der Waals surface area (Å²) in [6.07, 6.45) is 15.2. The van der Waals surface area contributed by atoms with Crippen LogP contribution in [0.2, 0.25) is 0 Å². The summed E-state index contributed by atoms with van der Waals surface area (Å²) in [5.41, 5.74) is 18.3. The number of carbonyl (C=O) groups is 5. The van der Waals surface area contributed by atoms with Crippen molar-refractivity contribution >= 4 is 52.8 Å². The molecule has 12 atom stereocenters. The van der Waals surface area contributed by atoms with Crippen LogP contribution in [0, 0.1) is 74.0 Å². The van der Waals surface area contributed by atoms with Gasteiger partial charge in [0.1, 0.15) is 11.9 Å². The molecule has 1 aromatic heterocycles. The van der Waals surface area contributed by atoms with Crippen molar-refractivity contribution in [2.75, 3.05) is 120 Å². The second-order valence-electron chi connectivity index (χ2n) is 38.0. The molecule has 0 bridgehead atoms. The maximum absolute atomic E-state index is 13.2. The van der Waals surface area contributed by atoms with Crippen molar-refractivity contribution in [2.45, 2.75) is 118 Å². The number of aryl methyl sites for hydroxylation is 3. The van der Waals surface area contributed by atoms with Gasteiger partial charge in [-0.15, -0.1) is 0 Å². The van der Waals surface area contributed by atoms with Crippen LogP contribution in [0.15, 0.2) is 334 Å². The van der Waals surface area contributed by atoms with Crippen LogP contribution in [-0.4, -0.2) is 241 Å². The fourth-order valence-electron chi connectivity index (χ4n) is 20.8. The lowest BCUT2D eigenvalue weighted by molar-refractivity contribution is -0.156. The Morgan fingerprint density at radius 2 is 0.566 bits per heavy atom. The van der Waals surface area contributed by atoms with E-state index < -0.39 is 12.0 Å². The Morgan fingerprint density at radius 1 is 0.303 bits per heavy atom. The smallest absolute Gasteiger partial charge is 0.322 e. The summed E-state index contributed by atoms with van der Waals surface area (Å²) in [4.78, 5) is 85.2. The molecule has 12 aromatic rings. The molecule has 0 radical (unpaired) electrons. The Labute approximate surface area is 849 Å². The standard InChI is InChI=1S/C31H30FN3O2.C31H31N3O3.C31H31N3O2.C29H30N4O2/c1-22-4-16-27(17-5-22)33-31(37)34-18-2-3-19-35-28(20-34)30(29(35)21-36)25-12-8-23(9-13-25)6-7-24-10-14-26(32)15-11-24;1-22-9-17-26(18-10-22)32-31(37)33-19-5-6-20-34-27(21-33)28(29(34)30(35)36)25-15-13-24(14-16-25)12-11-23-7-3-2-4-8-23;1-23-9-17-27(18-10-23)32-31(36)33-19-5-6-20-34-28(21-33)30(29(34)22-35)26-15-13-25(14-16-26)12-11-24-7-3-2-4-8-24;34-21-27-28(24-12-10-23(11-13-24)9-8-22-6-2-1-3-7-22)26-20-32(18-4-5-19-33(26)27)29(35)31-25-14-16-30-17-15-25/h2-5,8-17,28-30,36H,18-21H2,1H3,(H,33,37);2-4,7-10,13-18,27-29H,5-6,19-21H2,1H3,(H,32,37)(H,35,36);2-10,13-18,28-30,35H,19-22H2,1H3,(H,32,36);1-3,6-7,10-17,26-28,34H,4-5,18-21H2,(H,30,31,35)/b3-2-;;6-5-;/t28-,29+,30+;27-,28+,29-;28-,29+,30+;26-,27+,28+/m0000/s1. The van der Waals surface area contributed by atoms with Gasteiger partial charge < -0.3 is 61.3 Å². The molecule has 0 unspecified atom stereocenters. The SMILES string of the molecule is Cc1ccc(NC(=O)N2C/C=C\CN3[C@H](CO)[C@H](c4ccc(C#Cc5ccc(F)cc5)cc4)[C@@H]3C2)cc1.Cc1ccc(NC(=O)N2C/C=C\CN3[C@H](CO)[C@H](c4ccc(C#Cc5ccccc5)cc4)[C@@H]3C2)cc1.Cc1ccc(NC(=O)N2CCCCN3[C@H](C(=O)O)[C@H](c4ccc(C#Cc5ccccc5)cc4)[C@@H]3C2)cc1.O=C(Nc1ccncc1)N1CCCCN2[C@H](CO)[C@H](c3ccc(C#Cc4ccccc4)cc3)[C@@H]2C1. The van der Waals surface area contributed by atoms with Crippen LogP contribution in [0.1, 0.15) is 133 Å². The number of hydrogen-bond donors (Lipinski definition) is 8. The van der Waals surface area contributed by atoms with Gasteiger partial charge in [-0.25, -0.2) is 23.6 Å². The first kappa shape index (κ1) is 101. The van der Waals surface area contributed by atoms with Gasteiger partial charge in [-0.05, 0) is 240 Å². The molecular formula is C122H122FN13O9. The number of nitrogens with zero attached hydrogens (tertiary/aromatic N) is 9. The van der Waals surface area contributed by atoms with Crippen molar-refractivity contribution < 1.29 is 48.8 Å². The van der Waals surface area contributed by atoms with Crippen LogP contribution in [-0.2, 0) is 4.79 Å². The number of pyridine rings is 1. The number of benzene rings is 11. The van der Waals surface area contributed by atoms with Crippen LogP contribution in [0.5, 0.6) is 0 Å². The van der Waals surface area contributed by atoms with Crippen molar-refractivity contribution in [1.29, 1.82) is 0 Å². The zero-order valence-corrected chi connectivity index (χ0v) is 81.9. The first-order valence-electron chi connectivity index (χ1n) is 50.0. The summed E-state index contributed by atoms with van der Waals surface area (Å²) >= 11 is 0. The number of amides is 8. The number of carboxylic acid groups (broad SMARTS) is 1. The zero-order valence-electron chi connectivity index (χ0n) is 81.9. The van der Waals surface area contributed by atoms with Crippen molar-refractivity contribution in [3.05, 3.63) is 423 Å². The maximum Gasteiger partial charge on any atom is 0.322 e. The molecule has 8 amide bonds. The summed E-state index contributed by atoms with van der Waals surface area (Å²) in [7, 11) is 0. The maximum atomic E-state index is 13.2. The molecular weight excluding hydrogens is 1810 g/mol. The van der Waals surface area contributed by atoms with E-state index in [0.29, 0.717) is 45.8 Å². The number of aliphatic carboxylic acids is 1. The van der Waals surface area contributed by atoms with E-state index in [1.807, 2.05) is 265 Å². The predicted octanol–water partition coefficient (Wildman–Crippen LogP) is 18.3. The lowest BCUT2D eigenvalue weighted by Crippen LogP contribution is -2.69. The third-order valence-electron chi connectivity index (χ3n) is 28.6. The Morgan fingerprint density at radius 3 is 0.897 bits per heavy atom. The number of fused-ring (bicyclic) bond motifs is 4. The number of carbonyl (C=O) groups excluding carboxylic acids is 4. The molecule has 736 valence electrons. The number of urea groups is 4. The second kappa shape index (κ2) is 49.0. The minimum absolute atomic E-state index is 0.00842. The van der Waals surface area contributed by atoms with E-state index in [-0.39, 0.29) is 116 Å². The molecule has 23 heteroatoms. The van der Waals surface area contributed by atoms with Gasteiger partial charge in [0, 0.05) is 211 Å². The number of rotatable bonds is 12. The quantitative estimate of drug-likeness (QED) is 0.0418. The average molecular weight is 1930 g/mol. The molecule has 8 aliphatic heterocycles. The molecule has 8 N–H and O–H groups in total. The van der Waals surface area contributed by atoms with Gasteiger partial charge in [0.2, 0.25) is 0 Å². The van der Waals surface area contributed by atoms with Gasteiger partial charge in [0.05, 0.1) is 19.8 Å². The van der Waals surface area contributed by atoms with E-state index in [1.54, 1.807) is 36.7 Å². The molecule has 22 nitrogen and oxygen atoms in total. The Balaban J connectivity index is 0.000000132. The Kier molecular flexibility index (Phi) is 34.1. The van der Waals surface area contributed by atoms with E-state index >= 15 is 0 Å². The van der Waals surface area contributed by atoms with Crippen molar-refractivity contribution in [3.8, 4) is 47.4 Å². The zero-order chi connectivity index (χ0) is 100. The highest BCUT2D eigenvalue weighted by Crippen LogP contribution is 2.47. The van der Waals surface area contributed by atoms with Gasteiger partial charge in [-0.1, -0.05) is 228 Å². The van der Waals surface area contributed by atoms with Crippen molar-refractivity contribution in [3.63, 3.8) is 0 Å². The molecule has 145 heavy (non-hydrogen) atoms. The fraction of sp³-hybridized carbons (Fsp3) is 0.279. The molecule has 20 rings (SSSR count). The summed E-state index contributed by atoms with van der Waals surface area (Å²) in [6, 6.07) is 94.9. The van der Waals surface area contributed by atoms with Crippen LogP contribution < -0.4 is 21.3 Å². The number of carboxylic acids is 1. The van der Waals surface area contributed by atoms with Gasteiger partial charge in [-0.3, -0.25) is 29.4 Å². The normalized spacial score (nSPS) is 21.8. The summed E-state index contributed by atoms with van der Waals surface area (Å²) < 4.78 is 13.1. The molecule has 11 aromatic carbocycles. The van der Waals surface area contributed by atoms with Crippen molar-refractivity contribution in [1.82, 2.24) is 44.2 Å². The topological polar surface area (TPSA) is 253 Å². The predicted molar refractivity (Wildman–Crippen MR) is 569 cm³/mol. The molecule has 6 saturated heterocycles. The highest BCUT2D eigenvalue weighted by atomic mass is 19.1. The second-order valence-corrected chi connectivity index (χ2v) is 38.0. The monoisotopic (exact) mass is 1930 g/mol.